The zero-order valence-electron chi connectivity index (χ0n) is 13.9. The quantitative estimate of drug-likeness (QED) is 0.760. The first-order valence-electron chi connectivity index (χ1n) is 7.94. The van der Waals surface area contributed by atoms with Crippen LogP contribution < -0.4 is 0 Å². The van der Waals surface area contributed by atoms with Crippen molar-refractivity contribution >= 4 is 17.3 Å². The van der Waals surface area contributed by atoms with Crippen LogP contribution in [0.4, 0.5) is 5.69 Å². The van der Waals surface area contributed by atoms with Crippen LogP contribution in [0, 0.1) is 5.41 Å². The van der Waals surface area contributed by atoms with Gasteiger partial charge in [-0.15, -0.1) is 0 Å². The largest absolute Gasteiger partial charge is 0.474 e. The molecule has 23 heavy (non-hydrogen) atoms. The molecule has 3 rings (SSSR count). The lowest BCUT2D eigenvalue weighted by Crippen LogP contribution is -2.25. The molecule has 0 saturated heterocycles. The van der Waals surface area contributed by atoms with E-state index in [-0.39, 0.29) is 11.5 Å². The molecule has 0 radical (unpaired) electrons. The number of benzene rings is 2. The maximum Gasteiger partial charge on any atom is 0.236 e. The lowest BCUT2D eigenvalue weighted by atomic mass is 9.88. The first-order chi connectivity index (χ1) is 11.0. The second-order valence-corrected chi connectivity index (χ2v) is 6.79. The van der Waals surface area contributed by atoms with E-state index in [1.807, 2.05) is 60.7 Å². The minimum atomic E-state index is 0.0797. The summed E-state index contributed by atoms with van der Waals surface area (Å²) in [5.74, 6) is 0.639. The monoisotopic (exact) mass is 306 g/mol. The summed E-state index contributed by atoms with van der Waals surface area (Å²) in [6, 6.07) is 20.2. The molecule has 0 saturated carbocycles. The van der Waals surface area contributed by atoms with Crippen molar-refractivity contribution in [1.82, 2.24) is 0 Å². The fraction of sp³-hybridized carbons (Fsp3) is 0.300. The normalized spacial score (nSPS) is 18.5. The average molecular weight is 306 g/mol. The van der Waals surface area contributed by atoms with E-state index in [0.29, 0.717) is 12.5 Å². The molecule has 0 aliphatic carbocycles. The lowest BCUT2D eigenvalue weighted by Gasteiger charge is -2.21. The smallest absolute Gasteiger partial charge is 0.236 e. The third-order valence-corrected chi connectivity index (χ3v) is 3.90. The Morgan fingerprint density at radius 3 is 2.17 bits per heavy atom. The minimum absolute atomic E-state index is 0.0797. The number of aliphatic imine (C=N–C) groups is 2. The Balaban J connectivity index is 2.02. The van der Waals surface area contributed by atoms with Crippen molar-refractivity contribution in [3.63, 3.8) is 0 Å². The van der Waals surface area contributed by atoms with Gasteiger partial charge in [-0.2, -0.15) is 0 Å². The van der Waals surface area contributed by atoms with Gasteiger partial charge in [-0.3, -0.25) is 0 Å². The van der Waals surface area contributed by atoms with E-state index in [2.05, 4.69) is 20.8 Å². The first kappa shape index (κ1) is 15.5. The number of rotatable bonds is 3. The van der Waals surface area contributed by atoms with E-state index in [0.717, 1.165) is 17.0 Å². The van der Waals surface area contributed by atoms with Crippen LogP contribution in [0.25, 0.3) is 0 Å². The standard InChI is InChI=1S/C20H22N2O/c1-20(2,3)17-14-23-19(22-17)18(15-10-6-4-7-11-15)21-16-12-8-5-9-13-16/h4-13,17H,14H2,1-3H3/b21-18+/t17-/m1/s1. The zero-order valence-corrected chi connectivity index (χ0v) is 13.9. The summed E-state index contributed by atoms with van der Waals surface area (Å²) in [7, 11) is 0. The van der Waals surface area contributed by atoms with Gasteiger partial charge in [0.25, 0.3) is 0 Å². The van der Waals surface area contributed by atoms with Crippen molar-refractivity contribution in [1.29, 1.82) is 0 Å². The fourth-order valence-electron chi connectivity index (χ4n) is 2.41. The Kier molecular flexibility index (Phi) is 4.28. The molecule has 1 heterocycles. The average Bonchev–Trinajstić information content (AvgIpc) is 3.04. The summed E-state index contributed by atoms with van der Waals surface area (Å²) in [6.45, 7) is 7.16. The topological polar surface area (TPSA) is 34.0 Å². The maximum absolute atomic E-state index is 5.90. The number of hydrogen-bond donors (Lipinski definition) is 0. The predicted molar refractivity (Wildman–Crippen MR) is 95.7 cm³/mol. The van der Waals surface area contributed by atoms with E-state index in [1.54, 1.807) is 0 Å². The Labute approximate surface area is 137 Å². The van der Waals surface area contributed by atoms with Gasteiger partial charge in [0.05, 0.1) is 11.7 Å². The zero-order chi connectivity index (χ0) is 16.3. The Morgan fingerprint density at radius 2 is 1.61 bits per heavy atom. The summed E-state index contributed by atoms with van der Waals surface area (Å²) in [6.07, 6.45) is 0. The maximum atomic E-state index is 5.90. The molecule has 1 aliphatic heterocycles. The van der Waals surface area contributed by atoms with Gasteiger partial charge in [-0.1, -0.05) is 69.3 Å². The van der Waals surface area contributed by atoms with Crippen LogP contribution in [0.5, 0.6) is 0 Å². The highest BCUT2D eigenvalue weighted by molar-refractivity contribution is 6.46. The third-order valence-electron chi connectivity index (χ3n) is 3.90. The molecule has 0 bridgehead atoms. The van der Waals surface area contributed by atoms with E-state index in [1.165, 1.54) is 0 Å². The molecule has 118 valence electrons. The van der Waals surface area contributed by atoms with Gasteiger partial charge in [0.1, 0.15) is 12.3 Å². The number of hydrogen-bond acceptors (Lipinski definition) is 3. The van der Waals surface area contributed by atoms with Gasteiger partial charge < -0.3 is 4.74 Å². The summed E-state index contributed by atoms with van der Waals surface area (Å²) in [5.41, 5.74) is 2.79. The molecule has 0 amide bonds. The van der Waals surface area contributed by atoms with Crippen LogP contribution in [0.15, 0.2) is 70.6 Å². The van der Waals surface area contributed by atoms with E-state index in [4.69, 9.17) is 14.7 Å². The summed E-state index contributed by atoms with van der Waals surface area (Å²) in [5, 5.41) is 0. The predicted octanol–water partition coefficient (Wildman–Crippen LogP) is 4.65. The molecular weight excluding hydrogens is 284 g/mol. The van der Waals surface area contributed by atoms with Crippen molar-refractivity contribution in [2.75, 3.05) is 6.61 Å². The van der Waals surface area contributed by atoms with Crippen molar-refractivity contribution in [3.05, 3.63) is 66.2 Å². The third kappa shape index (κ3) is 3.67. The van der Waals surface area contributed by atoms with Crippen LogP contribution in [-0.4, -0.2) is 24.3 Å². The molecule has 3 heteroatoms. The molecule has 1 aliphatic rings. The SMILES string of the molecule is CC(C)(C)[C@H]1COC(/C(=N/c2ccccc2)c2ccccc2)=N1. The lowest BCUT2D eigenvalue weighted by molar-refractivity contribution is 0.237. The van der Waals surface area contributed by atoms with Gasteiger partial charge in [-0.05, 0) is 17.5 Å². The van der Waals surface area contributed by atoms with Gasteiger partial charge in [0.2, 0.25) is 5.90 Å². The fourth-order valence-corrected chi connectivity index (χ4v) is 2.41. The highest BCUT2D eigenvalue weighted by atomic mass is 16.5. The van der Waals surface area contributed by atoms with Crippen LogP contribution in [0.2, 0.25) is 0 Å². The number of nitrogens with zero attached hydrogens (tertiary/aromatic N) is 2. The molecule has 2 aromatic rings. The van der Waals surface area contributed by atoms with Gasteiger partial charge in [0.15, 0.2) is 0 Å². The highest BCUT2D eigenvalue weighted by Crippen LogP contribution is 2.27. The number of ether oxygens (including phenoxy) is 1. The first-order valence-corrected chi connectivity index (χ1v) is 7.94. The summed E-state index contributed by atoms with van der Waals surface area (Å²) < 4.78 is 5.90. The molecule has 3 nitrogen and oxygen atoms in total. The molecular formula is C20H22N2O. The molecule has 0 N–H and O–H groups in total. The summed E-state index contributed by atoms with van der Waals surface area (Å²) >= 11 is 0. The van der Waals surface area contributed by atoms with Gasteiger partial charge in [-0.25, -0.2) is 9.98 Å². The molecule has 0 aromatic heterocycles. The van der Waals surface area contributed by atoms with E-state index < -0.39 is 0 Å². The second kappa shape index (κ2) is 6.37. The van der Waals surface area contributed by atoms with E-state index in [9.17, 15) is 0 Å². The molecule has 0 spiro atoms. The Hall–Kier alpha value is -2.42. The Morgan fingerprint density at radius 1 is 1.00 bits per heavy atom. The summed E-state index contributed by atoms with van der Waals surface area (Å²) in [4.78, 5) is 9.58. The van der Waals surface area contributed by atoms with Crippen LogP contribution >= 0.6 is 0 Å². The van der Waals surface area contributed by atoms with Crippen molar-refractivity contribution < 1.29 is 4.74 Å². The number of para-hydroxylation sites is 1. The Bertz CT molecular complexity index is 712. The van der Waals surface area contributed by atoms with Crippen LogP contribution in [0.3, 0.4) is 0 Å². The van der Waals surface area contributed by atoms with Crippen LogP contribution in [-0.2, 0) is 4.74 Å². The van der Waals surface area contributed by atoms with Crippen molar-refractivity contribution in [3.8, 4) is 0 Å². The van der Waals surface area contributed by atoms with Gasteiger partial charge in [0, 0.05) is 5.56 Å². The molecule has 1 atom stereocenters. The van der Waals surface area contributed by atoms with E-state index >= 15 is 0 Å². The molecule has 2 aromatic carbocycles. The molecule has 0 fully saturated rings. The second-order valence-electron chi connectivity index (χ2n) is 6.79. The highest BCUT2D eigenvalue weighted by Gasteiger charge is 2.32. The van der Waals surface area contributed by atoms with Crippen LogP contribution in [0.1, 0.15) is 26.3 Å². The van der Waals surface area contributed by atoms with Crippen molar-refractivity contribution in [2.45, 2.75) is 26.8 Å². The minimum Gasteiger partial charge on any atom is -0.474 e. The van der Waals surface area contributed by atoms with Gasteiger partial charge >= 0.3 is 0 Å². The molecule has 0 unspecified atom stereocenters. The van der Waals surface area contributed by atoms with Crippen molar-refractivity contribution in [2.24, 2.45) is 15.4 Å².